The first-order valence-corrected chi connectivity index (χ1v) is 7.93. The number of thioether (sulfide) groups is 1. The topological polar surface area (TPSA) is 78.4 Å². The van der Waals surface area contributed by atoms with Gasteiger partial charge in [0.25, 0.3) is 0 Å². The number of aliphatic carboxylic acids is 1. The first-order valence-electron chi connectivity index (χ1n) is 6.53. The van der Waals surface area contributed by atoms with Crippen LogP contribution in [0.4, 0.5) is 9.18 Å². The molecule has 3 N–H and O–H groups in total. The van der Waals surface area contributed by atoms with E-state index in [-0.39, 0.29) is 5.82 Å². The summed E-state index contributed by atoms with van der Waals surface area (Å²) in [6, 6.07) is 4.70. The van der Waals surface area contributed by atoms with Crippen LogP contribution < -0.4 is 10.6 Å². The Balaban J connectivity index is 2.34. The number of halogens is 1. The second-order valence-electron chi connectivity index (χ2n) is 4.45. The normalized spacial score (nSPS) is 11.7. The molecule has 0 bridgehead atoms. The molecule has 0 heterocycles. The van der Waals surface area contributed by atoms with E-state index in [2.05, 4.69) is 10.6 Å². The standard InChI is InChI=1S/C14H19FN2O3S/c1-21-8-6-12(13(18)19)17-14(20)16-7-5-10-3-2-4-11(15)9-10/h2-4,9,12H,5-8H2,1H3,(H,18,19)(H2,16,17,20)/t12-/m1/s1. The monoisotopic (exact) mass is 314 g/mol. The summed E-state index contributed by atoms with van der Waals surface area (Å²) >= 11 is 1.52. The van der Waals surface area contributed by atoms with Crippen molar-refractivity contribution in [3.8, 4) is 0 Å². The SMILES string of the molecule is CSCC[C@@H](NC(=O)NCCc1cccc(F)c1)C(=O)O. The van der Waals surface area contributed by atoms with E-state index in [0.29, 0.717) is 25.1 Å². The van der Waals surface area contributed by atoms with Gasteiger partial charge in [-0.15, -0.1) is 0 Å². The fraction of sp³-hybridized carbons (Fsp3) is 0.429. The Bertz CT molecular complexity index is 485. The summed E-state index contributed by atoms with van der Waals surface area (Å²) in [4.78, 5) is 22.6. The average molecular weight is 314 g/mol. The van der Waals surface area contributed by atoms with Crippen LogP contribution in [0.2, 0.25) is 0 Å². The molecule has 0 fully saturated rings. The Morgan fingerprint density at radius 2 is 2.19 bits per heavy atom. The number of amides is 2. The maximum Gasteiger partial charge on any atom is 0.326 e. The van der Waals surface area contributed by atoms with Crippen molar-refractivity contribution in [1.29, 1.82) is 0 Å². The number of benzene rings is 1. The molecule has 0 unspecified atom stereocenters. The summed E-state index contributed by atoms with van der Waals surface area (Å²) in [7, 11) is 0. The minimum atomic E-state index is -1.05. The fourth-order valence-electron chi connectivity index (χ4n) is 1.72. The average Bonchev–Trinajstić information content (AvgIpc) is 2.43. The Labute approximate surface area is 127 Å². The van der Waals surface area contributed by atoms with Gasteiger partial charge in [-0.2, -0.15) is 11.8 Å². The molecule has 0 saturated heterocycles. The minimum Gasteiger partial charge on any atom is -0.480 e. The molecular weight excluding hydrogens is 295 g/mol. The first-order chi connectivity index (χ1) is 10.0. The smallest absolute Gasteiger partial charge is 0.326 e. The molecule has 21 heavy (non-hydrogen) atoms. The van der Waals surface area contributed by atoms with Gasteiger partial charge in [-0.25, -0.2) is 14.0 Å². The van der Waals surface area contributed by atoms with E-state index < -0.39 is 18.0 Å². The Hall–Kier alpha value is -1.76. The quantitative estimate of drug-likeness (QED) is 0.684. The zero-order chi connectivity index (χ0) is 15.7. The molecule has 1 rings (SSSR count). The van der Waals surface area contributed by atoms with Gasteiger partial charge in [0.2, 0.25) is 0 Å². The van der Waals surface area contributed by atoms with Crippen LogP contribution in [0.5, 0.6) is 0 Å². The highest BCUT2D eigenvalue weighted by Crippen LogP contribution is 2.04. The summed E-state index contributed by atoms with van der Waals surface area (Å²) in [6.45, 7) is 0.310. The number of hydrogen-bond donors (Lipinski definition) is 3. The zero-order valence-corrected chi connectivity index (χ0v) is 12.6. The molecule has 1 atom stereocenters. The van der Waals surface area contributed by atoms with Gasteiger partial charge in [-0.05, 0) is 42.5 Å². The lowest BCUT2D eigenvalue weighted by Crippen LogP contribution is -2.46. The third-order valence-corrected chi connectivity index (χ3v) is 3.45. The number of carbonyl (C=O) groups is 2. The lowest BCUT2D eigenvalue weighted by molar-refractivity contribution is -0.139. The molecule has 5 nitrogen and oxygen atoms in total. The van der Waals surface area contributed by atoms with Crippen LogP contribution in [0.25, 0.3) is 0 Å². The summed E-state index contributed by atoms with van der Waals surface area (Å²) in [5, 5.41) is 14.0. The van der Waals surface area contributed by atoms with Gasteiger partial charge in [-0.3, -0.25) is 0 Å². The van der Waals surface area contributed by atoms with E-state index in [1.165, 1.54) is 23.9 Å². The molecule has 2 amide bonds. The van der Waals surface area contributed by atoms with Crippen molar-refractivity contribution in [2.75, 3.05) is 18.6 Å². The Kier molecular flexibility index (Phi) is 7.60. The molecule has 0 aliphatic carbocycles. The van der Waals surface area contributed by atoms with Gasteiger partial charge in [0, 0.05) is 6.54 Å². The molecule has 0 aromatic heterocycles. The van der Waals surface area contributed by atoms with E-state index in [9.17, 15) is 14.0 Å². The maximum atomic E-state index is 13.0. The van der Waals surface area contributed by atoms with Gasteiger partial charge < -0.3 is 15.7 Å². The second-order valence-corrected chi connectivity index (χ2v) is 5.44. The number of carboxylic acid groups (broad SMARTS) is 1. The predicted octanol–water partition coefficient (Wildman–Crippen LogP) is 1.87. The van der Waals surface area contributed by atoms with E-state index in [0.717, 1.165) is 5.56 Å². The summed E-state index contributed by atoms with van der Waals surface area (Å²) in [5.41, 5.74) is 0.771. The number of carbonyl (C=O) groups excluding carboxylic acids is 1. The van der Waals surface area contributed by atoms with E-state index in [1.807, 2.05) is 6.26 Å². The van der Waals surface area contributed by atoms with Crippen molar-refractivity contribution in [3.05, 3.63) is 35.6 Å². The largest absolute Gasteiger partial charge is 0.480 e. The highest BCUT2D eigenvalue weighted by Gasteiger charge is 2.18. The number of urea groups is 1. The van der Waals surface area contributed by atoms with Gasteiger partial charge in [0.1, 0.15) is 11.9 Å². The number of rotatable bonds is 8. The van der Waals surface area contributed by atoms with Crippen molar-refractivity contribution in [2.24, 2.45) is 0 Å². The highest BCUT2D eigenvalue weighted by atomic mass is 32.2. The second kappa shape index (κ2) is 9.23. The lowest BCUT2D eigenvalue weighted by Gasteiger charge is -2.14. The molecule has 0 radical (unpaired) electrons. The molecular formula is C14H19FN2O3S. The number of hydrogen-bond acceptors (Lipinski definition) is 3. The molecule has 1 aromatic carbocycles. The Morgan fingerprint density at radius 1 is 1.43 bits per heavy atom. The molecule has 0 spiro atoms. The van der Waals surface area contributed by atoms with Gasteiger partial charge >= 0.3 is 12.0 Å². The summed E-state index contributed by atoms with van der Waals surface area (Å²) < 4.78 is 13.0. The molecule has 0 aliphatic rings. The third-order valence-electron chi connectivity index (χ3n) is 2.80. The van der Waals surface area contributed by atoms with Crippen LogP contribution in [0.15, 0.2) is 24.3 Å². The molecule has 116 valence electrons. The fourth-order valence-corrected chi connectivity index (χ4v) is 2.19. The molecule has 7 heteroatoms. The first kappa shape index (κ1) is 17.3. The maximum absolute atomic E-state index is 13.0. The highest BCUT2D eigenvalue weighted by molar-refractivity contribution is 7.98. The number of nitrogens with one attached hydrogen (secondary N) is 2. The van der Waals surface area contributed by atoms with Gasteiger partial charge in [0.05, 0.1) is 0 Å². The van der Waals surface area contributed by atoms with Crippen LogP contribution in [0, 0.1) is 5.82 Å². The van der Waals surface area contributed by atoms with Crippen molar-refractivity contribution in [2.45, 2.75) is 18.9 Å². The van der Waals surface area contributed by atoms with Gasteiger partial charge in [-0.1, -0.05) is 12.1 Å². The van der Waals surface area contributed by atoms with Crippen molar-refractivity contribution in [1.82, 2.24) is 10.6 Å². The lowest BCUT2D eigenvalue weighted by atomic mass is 10.1. The third kappa shape index (κ3) is 6.99. The van der Waals surface area contributed by atoms with E-state index in [1.54, 1.807) is 12.1 Å². The van der Waals surface area contributed by atoms with E-state index >= 15 is 0 Å². The van der Waals surface area contributed by atoms with Gasteiger partial charge in [0.15, 0.2) is 0 Å². The van der Waals surface area contributed by atoms with E-state index in [4.69, 9.17) is 5.11 Å². The minimum absolute atomic E-state index is 0.310. The van der Waals surface area contributed by atoms with Crippen molar-refractivity contribution < 1.29 is 19.1 Å². The van der Waals surface area contributed by atoms with Crippen LogP contribution in [-0.4, -0.2) is 41.7 Å². The summed E-state index contributed by atoms with van der Waals surface area (Å²) in [6.07, 6.45) is 2.72. The van der Waals surface area contributed by atoms with Crippen LogP contribution in [0.1, 0.15) is 12.0 Å². The van der Waals surface area contributed by atoms with Crippen molar-refractivity contribution in [3.63, 3.8) is 0 Å². The Morgan fingerprint density at radius 3 is 2.81 bits per heavy atom. The van der Waals surface area contributed by atoms with Crippen LogP contribution in [-0.2, 0) is 11.2 Å². The zero-order valence-electron chi connectivity index (χ0n) is 11.8. The predicted molar refractivity (Wildman–Crippen MR) is 81.1 cm³/mol. The summed E-state index contributed by atoms with van der Waals surface area (Å²) in [5.74, 6) is -0.718. The molecule has 0 saturated carbocycles. The molecule has 1 aromatic rings. The van der Waals surface area contributed by atoms with Crippen LogP contribution >= 0.6 is 11.8 Å². The van der Waals surface area contributed by atoms with Crippen molar-refractivity contribution >= 4 is 23.8 Å². The molecule has 0 aliphatic heterocycles. The number of carboxylic acids is 1. The van der Waals surface area contributed by atoms with Crippen LogP contribution in [0.3, 0.4) is 0 Å².